The van der Waals surface area contributed by atoms with Crippen LogP contribution in [0.5, 0.6) is 0 Å². The zero-order valence-corrected chi connectivity index (χ0v) is 23.7. The van der Waals surface area contributed by atoms with Gasteiger partial charge in [0.2, 0.25) is 11.8 Å². The predicted molar refractivity (Wildman–Crippen MR) is 162 cm³/mol. The van der Waals surface area contributed by atoms with Gasteiger partial charge in [0, 0.05) is 15.7 Å². The van der Waals surface area contributed by atoms with E-state index in [0.29, 0.717) is 10.0 Å². The number of imide groups is 1. The number of amides is 2. The van der Waals surface area contributed by atoms with E-state index in [-0.39, 0.29) is 5.69 Å². The van der Waals surface area contributed by atoms with Gasteiger partial charge >= 0.3 is 5.97 Å². The zero-order chi connectivity index (χ0) is 29.0. The van der Waals surface area contributed by atoms with E-state index >= 15 is 0 Å². The summed E-state index contributed by atoms with van der Waals surface area (Å²) in [6, 6.07) is 29.6. The van der Waals surface area contributed by atoms with Crippen LogP contribution in [0.15, 0.2) is 109 Å². The van der Waals surface area contributed by atoms with Crippen molar-refractivity contribution in [1.29, 1.82) is 0 Å². The lowest BCUT2D eigenvalue weighted by Crippen LogP contribution is -2.49. The Bertz CT molecular complexity index is 1680. The molecular formula is C34H24Cl2N2O4. The molecule has 0 saturated carbocycles. The normalized spacial score (nSPS) is 22.3. The fraction of sp³-hybridized carbons (Fsp3) is 0.147. The molecule has 42 heavy (non-hydrogen) atoms. The van der Waals surface area contributed by atoms with Crippen molar-refractivity contribution >= 4 is 58.4 Å². The van der Waals surface area contributed by atoms with E-state index < -0.39 is 47.8 Å². The van der Waals surface area contributed by atoms with Crippen LogP contribution in [0, 0.1) is 11.8 Å². The van der Waals surface area contributed by atoms with Crippen LogP contribution in [0.4, 0.5) is 11.4 Å². The van der Waals surface area contributed by atoms with Crippen molar-refractivity contribution in [2.24, 2.45) is 11.8 Å². The van der Waals surface area contributed by atoms with E-state index in [1.807, 2.05) is 102 Å². The van der Waals surface area contributed by atoms with Crippen molar-refractivity contribution in [3.8, 4) is 0 Å². The molecule has 4 aromatic carbocycles. The quantitative estimate of drug-likeness (QED) is 0.190. The maximum Gasteiger partial charge on any atom is 0.330 e. The Hall–Kier alpha value is -4.39. The number of ether oxygens (including phenoxy) is 1. The second kappa shape index (κ2) is 10.5. The Morgan fingerprint density at radius 2 is 1.31 bits per heavy atom. The molecule has 3 heterocycles. The van der Waals surface area contributed by atoms with Gasteiger partial charge in [-0.15, -0.1) is 0 Å². The number of fused-ring (bicyclic) bond motifs is 5. The van der Waals surface area contributed by atoms with E-state index in [9.17, 15) is 14.4 Å². The van der Waals surface area contributed by atoms with Gasteiger partial charge in [0.05, 0.1) is 23.6 Å². The van der Waals surface area contributed by atoms with E-state index in [1.54, 1.807) is 0 Å². The monoisotopic (exact) mass is 594 g/mol. The van der Waals surface area contributed by atoms with Crippen LogP contribution in [0.1, 0.15) is 22.8 Å². The van der Waals surface area contributed by atoms with Gasteiger partial charge in [-0.05, 0) is 41.0 Å². The molecule has 8 heteroatoms. The van der Waals surface area contributed by atoms with Gasteiger partial charge in [-0.25, -0.2) is 9.69 Å². The molecule has 6 nitrogen and oxygen atoms in total. The summed E-state index contributed by atoms with van der Waals surface area (Å²) < 4.78 is 6.31. The zero-order valence-electron chi connectivity index (χ0n) is 22.1. The van der Waals surface area contributed by atoms with Crippen LogP contribution in [0.2, 0.25) is 10.0 Å². The summed E-state index contributed by atoms with van der Waals surface area (Å²) in [4.78, 5) is 45.6. The molecule has 0 spiro atoms. The molecule has 3 aliphatic rings. The van der Waals surface area contributed by atoms with Gasteiger partial charge < -0.3 is 9.64 Å². The molecule has 7 rings (SSSR count). The molecule has 0 aliphatic carbocycles. The van der Waals surface area contributed by atoms with Crippen LogP contribution in [0.25, 0.3) is 6.08 Å². The summed E-state index contributed by atoms with van der Waals surface area (Å²) in [5.74, 6) is -3.25. The number of halogens is 2. The highest BCUT2D eigenvalue weighted by Gasteiger charge is 2.65. The first kappa shape index (κ1) is 26.5. The van der Waals surface area contributed by atoms with Crippen molar-refractivity contribution in [3.63, 3.8) is 0 Å². The number of hydrogen-bond donors (Lipinski definition) is 0. The van der Waals surface area contributed by atoms with Gasteiger partial charge in [0.25, 0.3) is 0 Å². The first-order chi connectivity index (χ1) is 20.4. The van der Waals surface area contributed by atoms with Crippen molar-refractivity contribution < 1.29 is 19.1 Å². The van der Waals surface area contributed by atoms with E-state index in [4.69, 9.17) is 27.9 Å². The highest BCUT2D eigenvalue weighted by atomic mass is 35.5. The molecule has 3 aliphatic heterocycles. The number of benzene rings is 4. The molecule has 0 aromatic heterocycles. The molecule has 2 amide bonds. The van der Waals surface area contributed by atoms with Gasteiger partial charge in [-0.2, -0.15) is 0 Å². The molecule has 0 bridgehead atoms. The number of anilines is 2. The first-order valence-corrected chi connectivity index (χ1v) is 14.4. The standard InChI is InChI=1S/C34H24Cl2N2O4/c35-23-17-24(36)19-25(18-23)37-32(39)28-27-16-15-20-9-7-8-14-26(20)38(27)30(29(28)33(37)40)34(41)42-31(21-10-3-1-4-11-21)22-12-5-2-6-13-22/h1-19,27-31H/t27-,28+,29-,30+/m1/s1. The lowest BCUT2D eigenvalue weighted by atomic mass is 9.88. The minimum atomic E-state index is -1.04. The molecule has 0 radical (unpaired) electrons. The maximum atomic E-state index is 14.4. The Morgan fingerprint density at radius 1 is 0.738 bits per heavy atom. The van der Waals surface area contributed by atoms with Crippen LogP contribution in [-0.4, -0.2) is 29.9 Å². The average molecular weight is 595 g/mol. The third kappa shape index (κ3) is 4.30. The van der Waals surface area contributed by atoms with Crippen LogP contribution < -0.4 is 9.80 Å². The lowest BCUT2D eigenvalue weighted by molar-refractivity contribution is -0.151. The third-order valence-electron chi connectivity index (χ3n) is 8.20. The molecule has 0 N–H and O–H groups in total. The molecule has 208 valence electrons. The number of esters is 1. The topological polar surface area (TPSA) is 66.9 Å². The van der Waals surface area contributed by atoms with Crippen molar-refractivity contribution in [2.75, 3.05) is 9.80 Å². The summed E-state index contributed by atoms with van der Waals surface area (Å²) in [6.45, 7) is 0. The van der Waals surface area contributed by atoms with Gasteiger partial charge in [0.15, 0.2) is 6.10 Å². The average Bonchev–Trinajstić information content (AvgIpc) is 3.48. The Balaban J connectivity index is 1.32. The number of carbonyl (C=O) groups is 3. The second-order valence-corrected chi connectivity index (χ2v) is 11.5. The largest absolute Gasteiger partial charge is 0.451 e. The number of hydrogen-bond acceptors (Lipinski definition) is 5. The van der Waals surface area contributed by atoms with Gasteiger partial charge in [-0.3, -0.25) is 9.59 Å². The molecule has 0 unspecified atom stereocenters. The highest BCUT2D eigenvalue weighted by molar-refractivity contribution is 6.36. The molecule has 2 saturated heterocycles. The summed E-state index contributed by atoms with van der Waals surface area (Å²) in [5.41, 5.74) is 3.54. The summed E-state index contributed by atoms with van der Waals surface area (Å²) in [6.07, 6.45) is 3.14. The maximum absolute atomic E-state index is 14.4. The lowest BCUT2D eigenvalue weighted by Gasteiger charge is -2.36. The van der Waals surface area contributed by atoms with Crippen molar-refractivity contribution in [3.05, 3.63) is 136 Å². The minimum Gasteiger partial charge on any atom is -0.451 e. The molecule has 2 fully saturated rings. The predicted octanol–water partition coefficient (Wildman–Crippen LogP) is 6.72. The summed E-state index contributed by atoms with van der Waals surface area (Å²) >= 11 is 12.5. The van der Waals surface area contributed by atoms with Gasteiger partial charge in [-0.1, -0.05) is 114 Å². The number of para-hydroxylation sites is 1. The van der Waals surface area contributed by atoms with Crippen LogP contribution in [0.3, 0.4) is 0 Å². The van der Waals surface area contributed by atoms with Crippen molar-refractivity contribution in [2.45, 2.75) is 18.2 Å². The van der Waals surface area contributed by atoms with E-state index in [2.05, 4.69) is 0 Å². The van der Waals surface area contributed by atoms with Crippen LogP contribution in [-0.2, 0) is 19.1 Å². The fourth-order valence-electron chi connectivity index (χ4n) is 6.48. The molecule has 4 aromatic rings. The van der Waals surface area contributed by atoms with E-state index in [1.165, 1.54) is 18.2 Å². The third-order valence-corrected chi connectivity index (χ3v) is 8.64. The Morgan fingerprint density at radius 3 is 1.95 bits per heavy atom. The first-order valence-electron chi connectivity index (χ1n) is 13.6. The number of carbonyl (C=O) groups excluding carboxylic acids is 3. The molecule has 4 atom stereocenters. The SMILES string of the molecule is O=C(OC(c1ccccc1)c1ccccc1)[C@@H]1[C@@H]2C(=O)N(c3cc(Cl)cc(Cl)c3)C(=O)[C@H]2[C@H]2C=Cc3ccccc3N21. The summed E-state index contributed by atoms with van der Waals surface area (Å²) in [7, 11) is 0. The number of rotatable bonds is 5. The fourth-order valence-corrected chi connectivity index (χ4v) is 6.99. The smallest absolute Gasteiger partial charge is 0.330 e. The van der Waals surface area contributed by atoms with Crippen molar-refractivity contribution in [1.82, 2.24) is 0 Å². The Kier molecular flexibility index (Phi) is 6.60. The number of nitrogens with zero attached hydrogens (tertiary/aromatic N) is 2. The minimum absolute atomic E-state index is 0.280. The highest BCUT2D eigenvalue weighted by Crippen LogP contribution is 2.50. The summed E-state index contributed by atoms with van der Waals surface area (Å²) in [5, 5.41) is 0.598. The molecular weight excluding hydrogens is 571 g/mol. The second-order valence-electron chi connectivity index (χ2n) is 10.6. The van der Waals surface area contributed by atoms with E-state index in [0.717, 1.165) is 27.3 Å². The van der Waals surface area contributed by atoms with Crippen LogP contribution >= 0.6 is 23.2 Å². The Labute approximate surface area is 252 Å². The van der Waals surface area contributed by atoms with Gasteiger partial charge in [0.1, 0.15) is 6.04 Å².